The molecule has 3 N–H and O–H groups in total. The highest BCUT2D eigenvalue weighted by Crippen LogP contribution is 2.59. The summed E-state index contributed by atoms with van der Waals surface area (Å²) in [5.74, 6) is -3.01. The molecule has 3 heterocycles. The molecular formula is C42H48N2O11. The van der Waals surface area contributed by atoms with Crippen LogP contribution in [0.1, 0.15) is 62.3 Å². The van der Waals surface area contributed by atoms with Crippen LogP contribution in [0.25, 0.3) is 6.08 Å². The Balaban J connectivity index is 1.23. The second-order valence-corrected chi connectivity index (χ2v) is 15.4. The molecule has 1 amide bonds. The monoisotopic (exact) mass is 756 g/mol. The molecule has 2 bridgehead atoms. The summed E-state index contributed by atoms with van der Waals surface area (Å²) in [5, 5.41) is 23.8. The van der Waals surface area contributed by atoms with Crippen LogP contribution in [0, 0.1) is 5.41 Å². The van der Waals surface area contributed by atoms with Gasteiger partial charge in [0.25, 0.3) is 0 Å². The zero-order chi connectivity index (χ0) is 38.8. The quantitative estimate of drug-likeness (QED) is 0.124. The summed E-state index contributed by atoms with van der Waals surface area (Å²) in [6, 6.07) is 24.5. The van der Waals surface area contributed by atoms with Crippen LogP contribution in [0.2, 0.25) is 0 Å². The summed E-state index contributed by atoms with van der Waals surface area (Å²) in [7, 11) is 0. The van der Waals surface area contributed by atoms with Crippen LogP contribution in [0.15, 0.2) is 91.2 Å². The number of esters is 2. The number of ether oxygens (including phenoxy) is 5. The Kier molecular flexibility index (Phi) is 11.1. The van der Waals surface area contributed by atoms with Crippen LogP contribution in [-0.4, -0.2) is 95.0 Å². The van der Waals surface area contributed by atoms with Crippen molar-refractivity contribution in [3.8, 4) is 0 Å². The number of hydroxylamine groups is 2. The van der Waals surface area contributed by atoms with Crippen molar-refractivity contribution in [1.29, 1.82) is 0 Å². The summed E-state index contributed by atoms with van der Waals surface area (Å²) in [6.07, 6.45) is -0.100. The van der Waals surface area contributed by atoms with Gasteiger partial charge in [-0.1, -0.05) is 84.9 Å². The van der Waals surface area contributed by atoms with E-state index < -0.39 is 77.8 Å². The van der Waals surface area contributed by atoms with Crippen molar-refractivity contribution in [2.24, 2.45) is 5.41 Å². The van der Waals surface area contributed by atoms with Gasteiger partial charge in [0, 0.05) is 24.0 Å². The number of hydrogen-bond donors (Lipinski definition) is 3. The third-order valence-electron chi connectivity index (χ3n) is 10.4. The number of benzene rings is 3. The van der Waals surface area contributed by atoms with E-state index in [1.165, 1.54) is 11.3 Å². The molecule has 55 heavy (non-hydrogen) atoms. The topological polar surface area (TPSA) is 162 Å². The maximum atomic E-state index is 14.9. The van der Waals surface area contributed by atoms with E-state index in [-0.39, 0.29) is 39.0 Å². The molecule has 3 aliphatic heterocycles. The Labute approximate surface area is 320 Å². The Morgan fingerprint density at radius 2 is 1.62 bits per heavy atom. The maximum absolute atomic E-state index is 14.9. The molecule has 1 saturated carbocycles. The zero-order valence-corrected chi connectivity index (χ0v) is 31.2. The largest absolute Gasteiger partial charge is 0.499 e. The van der Waals surface area contributed by atoms with Crippen LogP contribution in [0.5, 0.6) is 0 Å². The highest BCUT2D eigenvalue weighted by molar-refractivity contribution is 5.94. The molecule has 4 aliphatic rings. The first-order chi connectivity index (χ1) is 26.5. The van der Waals surface area contributed by atoms with Gasteiger partial charge in [-0.3, -0.25) is 19.2 Å². The summed E-state index contributed by atoms with van der Waals surface area (Å²) < 4.78 is 30.8. The van der Waals surface area contributed by atoms with E-state index in [2.05, 4.69) is 5.32 Å². The molecule has 3 aromatic rings. The fourth-order valence-corrected chi connectivity index (χ4v) is 8.06. The molecule has 0 radical (unpaired) electrons. The molecule has 0 aromatic heterocycles. The average molecular weight is 757 g/mol. The van der Waals surface area contributed by atoms with Gasteiger partial charge in [0.05, 0.1) is 32.1 Å². The predicted molar refractivity (Wildman–Crippen MR) is 197 cm³/mol. The van der Waals surface area contributed by atoms with Gasteiger partial charge in [0.15, 0.2) is 6.04 Å². The van der Waals surface area contributed by atoms with E-state index >= 15 is 0 Å². The van der Waals surface area contributed by atoms with Crippen molar-refractivity contribution in [2.45, 2.75) is 94.5 Å². The van der Waals surface area contributed by atoms with Crippen molar-refractivity contribution in [3.05, 3.63) is 113 Å². The molecule has 3 aromatic carbocycles. The Hall–Kier alpha value is -4.63. The molecule has 292 valence electrons. The predicted octanol–water partition coefficient (Wildman–Crippen LogP) is 3.75. The number of aliphatic hydroxyl groups is 2. The van der Waals surface area contributed by atoms with Crippen molar-refractivity contribution >= 4 is 23.9 Å². The Morgan fingerprint density at radius 3 is 2.24 bits per heavy atom. The van der Waals surface area contributed by atoms with Crippen molar-refractivity contribution in [3.63, 3.8) is 0 Å². The first-order valence-electron chi connectivity index (χ1n) is 18.7. The SMILES string of the molecule is CC(C)(C)OC(=O)CCC(CO)NC(=O)C12CC3OC(=O)C1N(Cc1ccc(C=COCCO)cc1)OC2C1OC(c2ccccc2)(c2ccccc2)OC31. The lowest BCUT2D eigenvalue weighted by Crippen LogP contribution is -2.70. The van der Waals surface area contributed by atoms with Crippen molar-refractivity contribution in [2.75, 3.05) is 19.8 Å². The average Bonchev–Trinajstić information content (AvgIpc) is 3.75. The number of carbonyl (C=O) groups excluding carboxylic acids is 3. The van der Waals surface area contributed by atoms with Crippen LogP contribution >= 0.6 is 0 Å². The normalized spacial score (nSPS) is 27.3. The lowest BCUT2D eigenvalue weighted by molar-refractivity contribution is -0.213. The van der Waals surface area contributed by atoms with Gasteiger partial charge >= 0.3 is 11.9 Å². The van der Waals surface area contributed by atoms with Crippen molar-refractivity contribution < 1.29 is 53.1 Å². The fraction of sp³-hybridized carbons (Fsp3) is 0.452. The van der Waals surface area contributed by atoms with Crippen LogP contribution in [0.3, 0.4) is 0 Å². The van der Waals surface area contributed by atoms with Crippen LogP contribution in [-0.2, 0) is 55.2 Å². The van der Waals surface area contributed by atoms with Crippen LogP contribution < -0.4 is 5.32 Å². The number of rotatable bonds is 14. The van der Waals surface area contributed by atoms with E-state index in [9.17, 15) is 19.5 Å². The molecule has 7 unspecified atom stereocenters. The molecule has 13 heteroatoms. The highest BCUT2D eigenvalue weighted by atomic mass is 16.8. The Bertz CT molecular complexity index is 1810. The summed E-state index contributed by atoms with van der Waals surface area (Å²) in [5.41, 5.74) is 0.895. The number of hydrogen-bond acceptors (Lipinski definition) is 12. The molecule has 1 aliphatic carbocycles. The summed E-state index contributed by atoms with van der Waals surface area (Å²) >= 11 is 0. The lowest BCUT2D eigenvalue weighted by Gasteiger charge is -2.49. The summed E-state index contributed by atoms with van der Waals surface area (Å²) in [6.45, 7) is 5.09. The smallest absolute Gasteiger partial charge is 0.327 e. The number of aliphatic hydroxyl groups excluding tert-OH is 2. The minimum absolute atomic E-state index is 0.0347. The number of fused-ring (bicyclic) bond motifs is 4. The van der Waals surface area contributed by atoms with Gasteiger partial charge in [-0.2, -0.15) is 5.06 Å². The molecule has 13 nitrogen and oxygen atoms in total. The summed E-state index contributed by atoms with van der Waals surface area (Å²) in [4.78, 5) is 48.4. The fourth-order valence-electron chi connectivity index (χ4n) is 8.06. The number of nitrogens with one attached hydrogen (secondary N) is 1. The van der Waals surface area contributed by atoms with Gasteiger partial charge in [-0.15, -0.1) is 0 Å². The number of nitrogens with zero attached hydrogens (tertiary/aromatic N) is 1. The number of amides is 1. The van der Waals surface area contributed by atoms with Gasteiger partial charge < -0.3 is 39.2 Å². The molecule has 0 spiro atoms. The zero-order valence-electron chi connectivity index (χ0n) is 31.2. The van der Waals surface area contributed by atoms with E-state index in [4.69, 9.17) is 33.6 Å². The molecule has 7 rings (SSSR count). The standard InChI is InChI=1S/C42H48N2O11/c1-40(2,3)52-33(47)19-18-31(26-46)43-39(49)41-24-32-34-35(54-42(53-34,29-10-6-4-7-11-29)30-12-8-5-9-13-30)37(41)55-44(36(41)38(48)51-32)25-28-16-14-27(15-17-28)20-22-50-23-21-45/h4-17,20,22,31-32,34-37,45-46H,18-19,21,23-26H2,1-3H3,(H,43,49). The first kappa shape index (κ1) is 38.6. The van der Waals surface area contributed by atoms with Gasteiger partial charge in [0.2, 0.25) is 11.7 Å². The Morgan fingerprint density at radius 1 is 0.964 bits per heavy atom. The maximum Gasteiger partial charge on any atom is 0.327 e. The second-order valence-electron chi connectivity index (χ2n) is 15.4. The van der Waals surface area contributed by atoms with Crippen LogP contribution in [0.4, 0.5) is 0 Å². The van der Waals surface area contributed by atoms with Crippen molar-refractivity contribution in [1.82, 2.24) is 10.4 Å². The van der Waals surface area contributed by atoms with E-state index in [0.29, 0.717) is 0 Å². The lowest BCUT2D eigenvalue weighted by atomic mass is 9.62. The van der Waals surface area contributed by atoms with Gasteiger partial charge in [-0.25, -0.2) is 0 Å². The minimum atomic E-state index is -1.51. The van der Waals surface area contributed by atoms with E-state index in [1.54, 1.807) is 26.8 Å². The molecule has 7 atom stereocenters. The minimum Gasteiger partial charge on any atom is -0.499 e. The first-order valence-corrected chi connectivity index (χ1v) is 18.7. The third-order valence-corrected chi connectivity index (χ3v) is 10.4. The van der Waals surface area contributed by atoms with E-state index in [0.717, 1.165) is 22.3 Å². The second kappa shape index (κ2) is 15.8. The molecule has 3 saturated heterocycles. The van der Waals surface area contributed by atoms with E-state index in [1.807, 2.05) is 84.9 Å². The van der Waals surface area contributed by atoms with Gasteiger partial charge in [-0.05, 0) is 44.4 Å². The molecular weight excluding hydrogens is 708 g/mol. The van der Waals surface area contributed by atoms with Gasteiger partial charge in [0.1, 0.15) is 42.0 Å². The number of carbonyl (C=O) groups is 3. The third kappa shape index (κ3) is 7.65. The molecule has 4 fully saturated rings. The highest BCUT2D eigenvalue weighted by Gasteiger charge is 2.76.